The van der Waals surface area contributed by atoms with Crippen molar-refractivity contribution in [2.24, 2.45) is 5.73 Å². The molecule has 6 heteroatoms. The molecule has 0 heterocycles. The van der Waals surface area contributed by atoms with Crippen LogP contribution in [0.15, 0.2) is 24.3 Å². The van der Waals surface area contributed by atoms with Gasteiger partial charge in [0.15, 0.2) is 0 Å². The van der Waals surface area contributed by atoms with Crippen LogP contribution in [0.1, 0.15) is 44.9 Å². The Morgan fingerprint density at radius 2 is 1.74 bits per heavy atom. The molecule has 0 aliphatic rings. The highest BCUT2D eigenvalue weighted by atomic mass is 32.2. The summed E-state index contributed by atoms with van der Waals surface area (Å²) in [4.78, 5) is 0. The van der Waals surface area contributed by atoms with Crippen LogP contribution in [0.4, 0.5) is 0 Å². The number of hydrogen-bond donors (Lipinski definition) is 3. The largest absolute Gasteiger partial charge is 0.326 e. The molecule has 0 radical (unpaired) electrons. The third-order valence-electron chi connectivity index (χ3n) is 2.49. The highest BCUT2D eigenvalue weighted by Crippen LogP contribution is 2.14. The fourth-order valence-electron chi connectivity index (χ4n) is 1.68. The minimum atomic E-state index is -3.53. The van der Waals surface area contributed by atoms with Gasteiger partial charge in [-0.3, -0.25) is 0 Å². The minimum Gasteiger partial charge on any atom is -0.326 e. The zero-order valence-electron chi connectivity index (χ0n) is 11.9. The lowest BCUT2D eigenvalue weighted by molar-refractivity contribution is 0.478. The molecule has 0 spiro atoms. The van der Waals surface area contributed by atoms with Gasteiger partial charge in [-0.25, -0.2) is 0 Å². The van der Waals surface area contributed by atoms with E-state index < -0.39 is 15.7 Å². The average Bonchev–Trinajstić information content (AvgIpc) is 2.25. The fourth-order valence-corrected chi connectivity index (χ4v) is 3.14. The van der Waals surface area contributed by atoms with Gasteiger partial charge in [0, 0.05) is 18.1 Å². The second-order valence-corrected chi connectivity index (χ2v) is 7.09. The molecule has 1 rings (SSSR count). The Labute approximate surface area is 115 Å². The highest BCUT2D eigenvalue weighted by Gasteiger charge is 2.21. The van der Waals surface area contributed by atoms with Crippen molar-refractivity contribution < 1.29 is 8.42 Å². The lowest BCUT2D eigenvalue weighted by Gasteiger charge is -2.23. The van der Waals surface area contributed by atoms with Crippen LogP contribution < -0.4 is 15.2 Å². The molecule has 0 amide bonds. The SMILES string of the molecule is CC(NS(=O)(=O)NC(C)(C)C)c1ccc(CN)cc1. The van der Waals surface area contributed by atoms with Gasteiger partial charge in [-0.2, -0.15) is 17.9 Å². The van der Waals surface area contributed by atoms with Gasteiger partial charge in [0.2, 0.25) is 0 Å². The molecule has 4 N–H and O–H groups in total. The van der Waals surface area contributed by atoms with Crippen molar-refractivity contribution in [3.05, 3.63) is 35.4 Å². The number of hydrogen-bond acceptors (Lipinski definition) is 3. The molecule has 108 valence electrons. The van der Waals surface area contributed by atoms with E-state index in [1.807, 2.05) is 24.3 Å². The van der Waals surface area contributed by atoms with Gasteiger partial charge in [-0.05, 0) is 38.8 Å². The summed E-state index contributed by atoms with van der Waals surface area (Å²) >= 11 is 0. The molecule has 0 saturated carbocycles. The summed E-state index contributed by atoms with van der Waals surface area (Å²) in [6.07, 6.45) is 0. The molecule has 0 fully saturated rings. The molecule has 0 aliphatic heterocycles. The maximum atomic E-state index is 11.9. The van der Waals surface area contributed by atoms with E-state index in [9.17, 15) is 8.42 Å². The van der Waals surface area contributed by atoms with Crippen LogP contribution in [0.2, 0.25) is 0 Å². The second-order valence-electron chi connectivity index (χ2n) is 5.64. The fraction of sp³-hybridized carbons (Fsp3) is 0.538. The van der Waals surface area contributed by atoms with Crippen molar-refractivity contribution in [3.63, 3.8) is 0 Å². The third-order valence-corrected chi connectivity index (χ3v) is 4.03. The van der Waals surface area contributed by atoms with Crippen LogP contribution in [-0.2, 0) is 16.8 Å². The predicted molar refractivity (Wildman–Crippen MR) is 77.7 cm³/mol. The van der Waals surface area contributed by atoms with E-state index in [0.29, 0.717) is 6.54 Å². The van der Waals surface area contributed by atoms with Crippen LogP contribution in [0, 0.1) is 0 Å². The molecule has 0 bridgehead atoms. The van der Waals surface area contributed by atoms with Gasteiger partial charge < -0.3 is 5.73 Å². The van der Waals surface area contributed by atoms with E-state index in [-0.39, 0.29) is 6.04 Å². The minimum absolute atomic E-state index is 0.299. The summed E-state index contributed by atoms with van der Waals surface area (Å²) in [7, 11) is -3.53. The van der Waals surface area contributed by atoms with Crippen molar-refractivity contribution >= 4 is 10.2 Å². The molecule has 1 aromatic carbocycles. The molecular formula is C13H23N3O2S. The van der Waals surface area contributed by atoms with E-state index in [0.717, 1.165) is 11.1 Å². The van der Waals surface area contributed by atoms with Crippen LogP contribution in [-0.4, -0.2) is 14.0 Å². The summed E-state index contributed by atoms with van der Waals surface area (Å²) in [6.45, 7) is 7.68. The molecule has 0 aromatic heterocycles. The molecule has 1 atom stereocenters. The van der Waals surface area contributed by atoms with Crippen LogP contribution in [0.3, 0.4) is 0 Å². The Morgan fingerprint density at radius 1 is 1.21 bits per heavy atom. The van der Waals surface area contributed by atoms with Crippen LogP contribution >= 0.6 is 0 Å². The zero-order valence-corrected chi connectivity index (χ0v) is 12.7. The smallest absolute Gasteiger partial charge is 0.277 e. The van der Waals surface area contributed by atoms with Gasteiger partial charge in [0.1, 0.15) is 0 Å². The van der Waals surface area contributed by atoms with Gasteiger partial charge in [0.05, 0.1) is 0 Å². The van der Waals surface area contributed by atoms with Crippen LogP contribution in [0.5, 0.6) is 0 Å². The van der Waals surface area contributed by atoms with E-state index in [2.05, 4.69) is 9.44 Å². The van der Waals surface area contributed by atoms with Crippen molar-refractivity contribution in [2.45, 2.75) is 45.8 Å². The molecule has 1 aromatic rings. The number of nitrogens with one attached hydrogen (secondary N) is 2. The standard InChI is InChI=1S/C13H23N3O2S/c1-10(12-7-5-11(9-14)6-8-12)15-19(17,18)16-13(2,3)4/h5-8,10,15-16H,9,14H2,1-4H3. The lowest BCUT2D eigenvalue weighted by atomic mass is 10.1. The van der Waals surface area contributed by atoms with Crippen molar-refractivity contribution in [2.75, 3.05) is 0 Å². The molecule has 19 heavy (non-hydrogen) atoms. The van der Waals surface area contributed by atoms with E-state index in [1.54, 1.807) is 27.7 Å². The van der Waals surface area contributed by atoms with Gasteiger partial charge >= 0.3 is 0 Å². The first-order valence-corrected chi connectivity index (χ1v) is 7.71. The molecule has 0 aliphatic carbocycles. The zero-order chi connectivity index (χ0) is 14.7. The van der Waals surface area contributed by atoms with E-state index in [1.165, 1.54) is 0 Å². The van der Waals surface area contributed by atoms with Crippen molar-refractivity contribution in [3.8, 4) is 0 Å². The first kappa shape index (κ1) is 16.1. The Hall–Kier alpha value is -0.950. The molecular weight excluding hydrogens is 262 g/mol. The monoisotopic (exact) mass is 285 g/mol. The average molecular weight is 285 g/mol. The highest BCUT2D eigenvalue weighted by molar-refractivity contribution is 7.87. The normalized spacial score (nSPS) is 14.4. The Morgan fingerprint density at radius 3 is 2.16 bits per heavy atom. The van der Waals surface area contributed by atoms with E-state index in [4.69, 9.17) is 5.73 Å². The topological polar surface area (TPSA) is 84.2 Å². The Kier molecular flexibility index (Phi) is 5.09. The quantitative estimate of drug-likeness (QED) is 0.765. The number of rotatable bonds is 5. The number of benzene rings is 1. The van der Waals surface area contributed by atoms with Gasteiger partial charge in [0.25, 0.3) is 10.2 Å². The lowest BCUT2D eigenvalue weighted by Crippen LogP contribution is -2.47. The predicted octanol–water partition coefficient (Wildman–Crippen LogP) is 1.43. The summed E-state index contributed by atoms with van der Waals surface area (Å²) in [5.41, 5.74) is 6.94. The van der Waals surface area contributed by atoms with Gasteiger partial charge in [-0.1, -0.05) is 24.3 Å². The van der Waals surface area contributed by atoms with Crippen molar-refractivity contribution in [1.82, 2.24) is 9.44 Å². The van der Waals surface area contributed by atoms with Gasteiger partial charge in [-0.15, -0.1) is 0 Å². The second kappa shape index (κ2) is 6.00. The maximum absolute atomic E-state index is 11.9. The molecule has 1 unspecified atom stereocenters. The summed E-state index contributed by atoms with van der Waals surface area (Å²) in [6, 6.07) is 7.26. The first-order chi connectivity index (χ1) is 8.63. The number of nitrogens with two attached hydrogens (primary N) is 1. The summed E-state index contributed by atoms with van der Waals surface area (Å²) < 4.78 is 29.0. The first-order valence-electron chi connectivity index (χ1n) is 6.23. The summed E-state index contributed by atoms with van der Waals surface area (Å²) in [5, 5.41) is 0. The van der Waals surface area contributed by atoms with Crippen molar-refractivity contribution in [1.29, 1.82) is 0 Å². The summed E-state index contributed by atoms with van der Waals surface area (Å²) in [5.74, 6) is 0. The maximum Gasteiger partial charge on any atom is 0.277 e. The van der Waals surface area contributed by atoms with Crippen LogP contribution in [0.25, 0.3) is 0 Å². The van der Waals surface area contributed by atoms with E-state index >= 15 is 0 Å². The molecule has 5 nitrogen and oxygen atoms in total. The molecule has 0 saturated heterocycles. The Balaban J connectivity index is 2.75. The Bertz CT molecular complexity index is 504. The third kappa shape index (κ3) is 5.69.